The summed E-state index contributed by atoms with van der Waals surface area (Å²) in [7, 11) is 2.97. The van der Waals surface area contributed by atoms with E-state index in [1.165, 1.54) is 19.2 Å². The first-order valence-electron chi connectivity index (χ1n) is 7.63. The number of benzene rings is 1. The highest BCUT2D eigenvalue weighted by molar-refractivity contribution is 5.94. The van der Waals surface area contributed by atoms with Crippen LogP contribution in [0.1, 0.15) is 41.6 Å². The molecular weight excluding hydrogens is 285 g/mol. The second-order valence-electron chi connectivity index (χ2n) is 5.83. The number of nitrogens with one attached hydrogen (secondary N) is 1. The number of esters is 1. The van der Waals surface area contributed by atoms with E-state index in [2.05, 4.69) is 5.32 Å². The van der Waals surface area contributed by atoms with Crippen molar-refractivity contribution in [3.63, 3.8) is 0 Å². The van der Waals surface area contributed by atoms with Gasteiger partial charge in [-0.15, -0.1) is 0 Å². The van der Waals surface area contributed by atoms with Crippen molar-refractivity contribution in [2.45, 2.75) is 32.1 Å². The molecule has 1 aliphatic carbocycles. The molecule has 0 unspecified atom stereocenters. The van der Waals surface area contributed by atoms with Gasteiger partial charge in [0.25, 0.3) is 5.91 Å². The molecule has 1 fully saturated rings. The lowest BCUT2D eigenvalue weighted by atomic mass is 9.79. The fourth-order valence-electron chi connectivity index (χ4n) is 3.10. The Bertz CT molecular complexity index is 551. The standard InChI is InChI=1S/C17H22FNO3/c1-19-16(20)13-7-8-15(18)14(10-13)9-11-3-5-12(6-4-11)17(21)22-2/h7-8,10-12H,3-6,9H2,1-2H3,(H,19,20). The zero-order chi connectivity index (χ0) is 16.1. The quantitative estimate of drug-likeness (QED) is 0.870. The van der Waals surface area contributed by atoms with Crippen molar-refractivity contribution < 1.29 is 18.7 Å². The predicted molar refractivity (Wildman–Crippen MR) is 81.0 cm³/mol. The second kappa shape index (κ2) is 7.38. The molecule has 0 atom stereocenters. The SMILES string of the molecule is CNC(=O)c1ccc(F)c(CC2CCC(C(=O)OC)CC2)c1. The molecule has 0 radical (unpaired) electrons. The molecule has 0 aromatic heterocycles. The maximum atomic E-state index is 13.9. The molecule has 22 heavy (non-hydrogen) atoms. The molecule has 2 rings (SSSR count). The molecule has 0 heterocycles. The summed E-state index contributed by atoms with van der Waals surface area (Å²) in [5, 5.41) is 2.54. The Morgan fingerprint density at radius 2 is 1.95 bits per heavy atom. The van der Waals surface area contributed by atoms with E-state index in [-0.39, 0.29) is 23.6 Å². The van der Waals surface area contributed by atoms with Crippen molar-refractivity contribution in [1.29, 1.82) is 0 Å². The van der Waals surface area contributed by atoms with Crippen LogP contribution >= 0.6 is 0 Å². The molecule has 0 bridgehead atoms. The number of carbonyl (C=O) groups excluding carboxylic acids is 2. The number of ether oxygens (including phenoxy) is 1. The molecule has 1 aliphatic rings. The Kier molecular flexibility index (Phi) is 5.52. The fourth-order valence-corrected chi connectivity index (χ4v) is 3.10. The highest BCUT2D eigenvalue weighted by Crippen LogP contribution is 2.32. The first-order valence-corrected chi connectivity index (χ1v) is 7.63. The van der Waals surface area contributed by atoms with Gasteiger partial charge in [-0.2, -0.15) is 0 Å². The van der Waals surface area contributed by atoms with Gasteiger partial charge in [-0.05, 0) is 61.8 Å². The van der Waals surface area contributed by atoms with Gasteiger partial charge in [0, 0.05) is 12.6 Å². The number of methoxy groups -OCH3 is 1. The van der Waals surface area contributed by atoms with Crippen LogP contribution in [0.2, 0.25) is 0 Å². The van der Waals surface area contributed by atoms with Crippen LogP contribution in [0.25, 0.3) is 0 Å². The van der Waals surface area contributed by atoms with Crippen LogP contribution in [0.4, 0.5) is 4.39 Å². The average molecular weight is 307 g/mol. The lowest BCUT2D eigenvalue weighted by molar-refractivity contribution is -0.146. The first kappa shape index (κ1) is 16.5. The molecule has 1 aromatic carbocycles. The van der Waals surface area contributed by atoms with Gasteiger partial charge in [-0.1, -0.05) is 0 Å². The second-order valence-corrected chi connectivity index (χ2v) is 5.83. The molecule has 0 spiro atoms. The van der Waals surface area contributed by atoms with Crippen molar-refractivity contribution in [2.75, 3.05) is 14.2 Å². The van der Waals surface area contributed by atoms with E-state index in [0.717, 1.165) is 25.7 Å². The number of carbonyl (C=O) groups is 2. The predicted octanol–water partition coefficient (Wildman–Crippen LogP) is 2.71. The minimum atomic E-state index is -0.275. The average Bonchev–Trinajstić information content (AvgIpc) is 2.56. The molecule has 1 aromatic rings. The third kappa shape index (κ3) is 3.84. The molecule has 0 saturated heterocycles. The molecule has 120 valence electrons. The van der Waals surface area contributed by atoms with Gasteiger partial charge in [-0.3, -0.25) is 9.59 Å². The lowest BCUT2D eigenvalue weighted by Gasteiger charge is -2.27. The van der Waals surface area contributed by atoms with Gasteiger partial charge in [0.05, 0.1) is 13.0 Å². The van der Waals surface area contributed by atoms with E-state index in [0.29, 0.717) is 23.5 Å². The highest BCUT2D eigenvalue weighted by Gasteiger charge is 2.27. The van der Waals surface area contributed by atoms with Crippen LogP contribution < -0.4 is 5.32 Å². The number of hydrogen-bond acceptors (Lipinski definition) is 3. The summed E-state index contributed by atoms with van der Waals surface area (Å²) in [5.74, 6) is -0.316. The Balaban J connectivity index is 2.00. The van der Waals surface area contributed by atoms with Gasteiger partial charge in [0.2, 0.25) is 0 Å². The zero-order valence-electron chi connectivity index (χ0n) is 13.0. The largest absolute Gasteiger partial charge is 0.469 e. The van der Waals surface area contributed by atoms with Crippen molar-refractivity contribution in [3.05, 3.63) is 35.1 Å². The summed E-state index contributed by atoms with van der Waals surface area (Å²) in [5.41, 5.74) is 1.05. The minimum Gasteiger partial charge on any atom is -0.469 e. The highest BCUT2D eigenvalue weighted by atomic mass is 19.1. The van der Waals surface area contributed by atoms with Crippen molar-refractivity contribution in [3.8, 4) is 0 Å². The zero-order valence-corrected chi connectivity index (χ0v) is 13.0. The first-order chi connectivity index (χ1) is 10.5. The number of rotatable bonds is 4. The van der Waals surface area contributed by atoms with Crippen LogP contribution in [-0.2, 0) is 16.0 Å². The summed E-state index contributed by atoms with van der Waals surface area (Å²) in [4.78, 5) is 23.1. The van der Waals surface area contributed by atoms with Gasteiger partial charge in [-0.25, -0.2) is 4.39 Å². The maximum absolute atomic E-state index is 13.9. The van der Waals surface area contributed by atoms with Gasteiger partial charge >= 0.3 is 5.97 Å². The summed E-state index contributed by atoms with van der Waals surface area (Å²) in [6, 6.07) is 4.46. The number of hydrogen-bond donors (Lipinski definition) is 1. The van der Waals surface area contributed by atoms with Crippen LogP contribution in [0.15, 0.2) is 18.2 Å². The summed E-state index contributed by atoms with van der Waals surface area (Å²) in [6.07, 6.45) is 3.93. The van der Waals surface area contributed by atoms with Crippen LogP contribution in [0.3, 0.4) is 0 Å². The molecule has 5 heteroatoms. The molecule has 1 amide bonds. The number of halogens is 1. The number of amides is 1. The molecule has 1 N–H and O–H groups in total. The third-order valence-corrected chi connectivity index (χ3v) is 4.42. The maximum Gasteiger partial charge on any atom is 0.308 e. The van der Waals surface area contributed by atoms with E-state index < -0.39 is 0 Å². The lowest BCUT2D eigenvalue weighted by Crippen LogP contribution is -2.24. The van der Waals surface area contributed by atoms with Gasteiger partial charge < -0.3 is 10.1 Å². The molecule has 1 saturated carbocycles. The summed E-state index contributed by atoms with van der Waals surface area (Å²) >= 11 is 0. The van der Waals surface area contributed by atoms with Gasteiger partial charge in [0.15, 0.2) is 0 Å². The Morgan fingerprint density at radius 3 is 2.55 bits per heavy atom. The van der Waals surface area contributed by atoms with E-state index in [4.69, 9.17) is 4.74 Å². The smallest absolute Gasteiger partial charge is 0.308 e. The Labute approximate surface area is 130 Å². The van der Waals surface area contributed by atoms with E-state index in [1.807, 2.05) is 0 Å². The normalized spacial score (nSPS) is 21.2. The van der Waals surface area contributed by atoms with E-state index in [1.54, 1.807) is 13.1 Å². The fraction of sp³-hybridized carbons (Fsp3) is 0.529. The van der Waals surface area contributed by atoms with Crippen molar-refractivity contribution >= 4 is 11.9 Å². The van der Waals surface area contributed by atoms with Gasteiger partial charge in [0.1, 0.15) is 5.82 Å². The third-order valence-electron chi connectivity index (χ3n) is 4.42. The molecular formula is C17H22FNO3. The molecule has 0 aliphatic heterocycles. The molecule has 4 nitrogen and oxygen atoms in total. The van der Waals surface area contributed by atoms with Crippen LogP contribution in [0, 0.1) is 17.7 Å². The monoisotopic (exact) mass is 307 g/mol. The van der Waals surface area contributed by atoms with Crippen LogP contribution in [-0.4, -0.2) is 26.0 Å². The van der Waals surface area contributed by atoms with Crippen molar-refractivity contribution in [1.82, 2.24) is 5.32 Å². The topological polar surface area (TPSA) is 55.4 Å². The van der Waals surface area contributed by atoms with Crippen molar-refractivity contribution in [2.24, 2.45) is 11.8 Å². The van der Waals surface area contributed by atoms with Crippen LogP contribution in [0.5, 0.6) is 0 Å². The summed E-state index contributed by atoms with van der Waals surface area (Å²) in [6.45, 7) is 0. The summed E-state index contributed by atoms with van der Waals surface area (Å²) < 4.78 is 18.7. The van der Waals surface area contributed by atoms with E-state index >= 15 is 0 Å². The Morgan fingerprint density at radius 1 is 1.27 bits per heavy atom. The minimum absolute atomic E-state index is 0.0247. The van der Waals surface area contributed by atoms with E-state index in [9.17, 15) is 14.0 Å². The Hall–Kier alpha value is -1.91.